The van der Waals surface area contributed by atoms with E-state index in [9.17, 15) is 0 Å². The lowest BCUT2D eigenvalue weighted by Gasteiger charge is -2.03. The van der Waals surface area contributed by atoms with Crippen LogP contribution in [0.15, 0.2) is 42.5 Å². The number of hydrogen-bond donors (Lipinski definition) is 0. The zero-order valence-corrected chi connectivity index (χ0v) is 11.6. The lowest BCUT2D eigenvalue weighted by Crippen LogP contribution is -1.93. The summed E-state index contributed by atoms with van der Waals surface area (Å²) in [6, 6.07) is 16.2. The first-order valence-corrected chi connectivity index (χ1v) is 6.69. The summed E-state index contributed by atoms with van der Waals surface area (Å²) < 4.78 is 2.04. The molecule has 3 aromatic rings. The van der Waals surface area contributed by atoms with Gasteiger partial charge in [-0.3, -0.25) is 0 Å². The Bertz CT molecular complexity index is 805. The van der Waals surface area contributed by atoms with Crippen LogP contribution in [0.4, 0.5) is 0 Å². The van der Waals surface area contributed by atoms with Crippen LogP contribution >= 0.6 is 0 Å². The van der Waals surface area contributed by atoms with Crippen LogP contribution in [0.2, 0.25) is 0 Å². The summed E-state index contributed by atoms with van der Waals surface area (Å²) in [5, 5.41) is 8.99. The van der Waals surface area contributed by atoms with E-state index in [0.29, 0.717) is 5.56 Å². The number of benzene rings is 2. The van der Waals surface area contributed by atoms with Crippen LogP contribution in [-0.4, -0.2) is 9.55 Å². The van der Waals surface area contributed by atoms with Gasteiger partial charge in [0.15, 0.2) is 0 Å². The second kappa shape index (κ2) is 4.82. The highest BCUT2D eigenvalue weighted by Crippen LogP contribution is 2.24. The fraction of sp³-hybridized carbons (Fsp3) is 0.176. The molecule has 0 atom stereocenters. The number of nitriles is 1. The van der Waals surface area contributed by atoms with Crippen molar-refractivity contribution in [2.75, 3.05) is 0 Å². The molecule has 98 valence electrons. The maximum atomic E-state index is 8.99. The second-order valence-corrected chi connectivity index (χ2v) is 4.86. The number of aryl methyl sites for hydroxylation is 2. The van der Waals surface area contributed by atoms with E-state index in [0.717, 1.165) is 28.8 Å². The Hall–Kier alpha value is -2.60. The number of nitrogens with zero attached hydrogens (tertiary/aromatic N) is 3. The van der Waals surface area contributed by atoms with Gasteiger partial charge in [-0.2, -0.15) is 5.26 Å². The first-order chi connectivity index (χ1) is 9.72. The standard InChI is InChI=1S/C17H15N3/c1-3-12-4-7-14(8-5-12)17-19-15-9-6-13(11-18)10-16(15)20(17)2/h4-10H,3H2,1-2H3. The fourth-order valence-electron chi connectivity index (χ4n) is 2.41. The smallest absolute Gasteiger partial charge is 0.140 e. The van der Waals surface area contributed by atoms with E-state index in [2.05, 4.69) is 42.2 Å². The van der Waals surface area contributed by atoms with Crippen LogP contribution in [0.3, 0.4) is 0 Å². The summed E-state index contributed by atoms with van der Waals surface area (Å²) in [5.41, 5.74) is 4.98. The van der Waals surface area contributed by atoms with E-state index in [1.807, 2.05) is 23.7 Å². The highest BCUT2D eigenvalue weighted by Gasteiger charge is 2.10. The molecule has 20 heavy (non-hydrogen) atoms. The van der Waals surface area contributed by atoms with Gasteiger partial charge in [0.05, 0.1) is 22.7 Å². The highest BCUT2D eigenvalue weighted by molar-refractivity contribution is 5.81. The van der Waals surface area contributed by atoms with Gasteiger partial charge in [0.2, 0.25) is 0 Å². The average molecular weight is 261 g/mol. The van der Waals surface area contributed by atoms with Crippen molar-refractivity contribution in [3.05, 3.63) is 53.6 Å². The average Bonchev–Trinajstić information content (AvgIpc) is 2.84. The SMILES string of the molecule is CCc1ccc(-c2nc3ccc(C#N)cc3n2C)cc1. The zero-order chi connectivity index (χ0) is 14.1. The van der Waals surface area contributed by atoms with Crippen LogP contribution in [0.25, 0.3) is 22.4 Å². The number of hydrogen-bond acceptors (Lipinski definition) is 2. The normalized spacial score (nSPS) is 10.7. The molecule has 0 amide bonds. The number of imidazole rings is 1. The first kappa shape index (κ1) is 12.4. The number of fused-ring (bicyclic) bond motifs is 1. The molecule has 0 aliphatic heterocycles. The van der Waals surface area contributed by atoms with Crippen molar-refractivity contribution in [3.63, 3.8) is 0 Å². The Morgan fingerprint density at radius 2 is 1.90 bits per heavy atom. The topological polar surface area (TPSA) is 41.6 Å². The van der Waals surface area contributed by atoms with Gasteiger partial charge in [0.25, 0.3) is 0 Å². The van der Waals surface area contributed by atoms with E-state index in [-0.39, 0.29) is 0 Å². The quantitative estimate of drug-likeness (QED) is 0.706. The van der Waals surface area contributed by atoms with E-state index < -0.39 is 0 Å². The van der Waals surface area contributed by atoms with Gasteiger partial charge in [0, 0.05) is 12.6 Å². The van der Waals surface area contributed by atoms with Crippen molar-refractivity contribution in [3.8, 4) is 17.5 Å². The minimum Gasteiger partial charge on any atom is -0.327 e. The van der Waals surface area contributed by atoms with Gasteiger partial charge in [0.1, 0.15) is 5.82 Å². The Kier molecular flexibility index (Phi) is 3.00. The Balaban J connectivity index is 2.16. The predicted octanol–water partition coefficient (Wildman–Crippen LogP) is 3.67. The summed E-state index contributed by atoms with van der Waals surface area (Å²) in [6.45, 7) is 2.15. The van der Waals surface area contributed by atoms with Crippen LogP contribution in [-0.2, 0) is 13.5 Å². The van der Waals surface area contributed by atoms with Gasteiger partial charge in [-0.1, -0.05) is 31.2 Å². The monoisotopic (exact) mass is 261 g/mol. The summed E-state index contributed by atoms with van der Waals surface area (Å²) in [4.78, 5) is 4.67. The van der Waals surface area contributed by atoms with E-state index in [1.54, 1.807) is 6.07 Å². The summed E-state index contributed by atoms with van der Waals surface area (Å²) in [6.07, 6.45) is 1.04. The molecule has 3 nitrogen and oxygen atoms in total. The third-order valence-corrected chi connectivity index (χ3v) is 3.63. The molecule has 0 spiro atoms. The highest BCUT2D eigenvalue weighted by atomic mass is 15.1. The molecule has 3 heteroatoms. The fourth-order valence-corrected chi connectivity index (χ4v) is 2.41. The number of aromatic nitrogens is 2. The van der Waals surface area contributed by atoms with Gasteiger partial charge in [-0.25, -0.2) is 4.98 Å². The molecule has 0 bridgehead atoms. The lowest BCUT2D eigenvalue weighted by atomic mass is 10.1. The largest absolute Gasteiger partial charge is 0.327 e. The predicted molar refractivity (Wildman–Crippen MR) is 80.2 cm³/mol. The van der Waals surface area contributed by atoms with Gasteiger partial charge in [-0.15, -0.1) is 0 Å². The molecule has 3 rings (SSSR count). The minimum absolute atomic E-state index is 0.661. The molecule has 0 fully saturated rings. The maximum Gasteiger partial charge on any atom is 0.140 e. The Labute approximate surface area is 118 Å². The molecular weight excluding hydrogens is 246 g/mol. The number of rotatable bonds is 2. The van der Waals surface area contributed by atoms with Gasteiger partial charge >= 0.3 is 0 Å². The van der Waals surface area contributed by atoms with Crippen LogP contribution in [0.5, 0.6) is 0 Å². The van der Waals surface area contributed by atoms with Crippen LogP contribution in [0, 0.1) is 11.3 Å². The summed E-state index contributed by atoms with van der Waals surface area (Å²) in [5.74, 6) is 0.928. The lowest BCUT2D eigenvalue weighted by molar-refractivity contribution is 0.958. The van der Waals surface area contributed by atoms with Crippen molar-refractivity contribution >= 4 is 11.0 Å². The molecule has 0 aliphatic rings. The van der Waals surface area contributed by atoms with Crippen molar-refractivity contribution in [1.82, 2.24) is 9.55 Å². The molecule has 0 saturated heterocycles. The van der Waals surface area contributed by atoms with Gasteiger partial charge < -0.3 is 4.57 Å². The molecule has 0 unspecified atom stereocenters. The van der Waals surface area contributed by atoms with E-state index >= 15 is 0 Å². The molecule has 0 radical (unpaired) electrons. The molecule has 2 aromatic carbocycles. The molecule has 0 N–H and O–H groups in total. The zero-order valence-electron chi connectivity index (χ0n) is 11.6. The van der Waals surface area contributed by atoms with Crippen molar-refractivity contribution < 1.29 is 0 Å². The first-order valence-electron chi connectivity index (χ1n) is 6.69. The van der Waals surface area contributed by atoms with E-state index in [1.165, 1.54) is 5.56 Å². The molecule has 1 aromatic heterocycles. The Morgan fingerprint density at radius 1 is 1.15 bits per heavy atom. The molecule has 1 heterocycles. The maximum absolute atomic E-state index is 8.99. The molecule has 0 saturated carbocycles. The Morgan fingerprint density at radius 3 is 2.55 bits per heavy atom. The second-order valence-electron chi connectivity index (χ2n) is 4.86. The summed E-state index contributed by atoms with van der Waals surface area (Å²) in [7, 11) is 1.99. The van der Waals surface area contributed by atoms with Crippen molar-refractivity contribution in [2.24, 2.45) is 7.05 Å². The third-order valence-electron chi connectivity index (χ3n) is 3.63. The van der Waals surface area contributed by atoms with Crippen molar-refractivity contribution in [1.29, 1.82) is 5.26 Å². The minimum atomic E-state index is 0.661. The van der Waals surface area contributed by atoms with Gasteiger partial charge in [-0.05, 0) is 30.2 Å². The third kappa shape index (κ3) is 1.96. The molecular formula is C17H15N3. The summed E-state index contributed by atoms with van der Waals surface area (Å²) >= 11 is 0. The molecule has 0 aliphatic carbocycles. The van der Waals surface area contributed by atoms with Crippen molar-refractivity contribution in [2.45, 2.75) is 13.3 Å². The van der Waals surface area contributed by atoms with E-state index in [4.69, 9.17) is 5.26 Å². The van der Waals surface area contributed by atoms with Crippen LogP contribution in [0.1, 0.15) is 18.1 Å². The van der Waals surface area contributed by atoms with Crippen LogP contribution < -0.4 is 0 Å².